The van der Waals surface area contributed by atoms with Gasteiger partial charge in [-0.3, -0.25) is 9.36 Å². The summed E-state index contributed by atoms with van der Waals surface area (Å²) in [4.78, 5) is 27.3. The molecule has 2 heterocycles. The molecule has 1 aromatic heterocycles. The number of nitrogen functional groups attached to an aromatic ring is 1. The summed E-state index contributed by atoms with van der Waals surface area (Å²) in [6.07, 6.45) is -3.64. The molecule has 0 spiro atoms. The first-order valence-corrected chi connectivity index (χ1v) is 7.83. The molecule has 1 aliphatic heterocycles. The van der Waals surface area contributed by atoms with Crippen molar-refractivity contribution in [3.05, 3.63) is 22.7 Å². The second-order valence-corrected chi connectivity index (χ2v) is 6.13. The minimum absolute atomic E-state index is 0.0294. The number of anilines is 1. The van der Waals surface area contributed by atoms with Crippen molar-refractivity contribution in [2.24, 2.45) is 5.92 Å². The van der Waals surface area contributed by atoms with E-state index in [-0.39, 0.29) is 11.7 Å². The summed E-state index contributed by atoms with van der Waals surface area (Å²) in [6.45, 7) is 2.47. The highest BCUT2D eigenvalue weighted by Crippen LogP contribution is 2.41. The standard InChI is InChI=1S/C14H19ClFN3O5/c1-7(2)12(21)23-10-9(16)11(24-14(10,5-15)6-20)19-4-3-8(17)18-13(19)22/h3-4,7,9-11,20H,5-6H2,1-2H3,(H2,17,18,22)/t9-,10+,11-,14-/m1/s1. The van der Waals surface area contributed by atoms with E-state index in [9.17, 15) is 19.1 Å². The maximum atomic E-state index is 14.9. The maximum absolute atomic E-state index is 14.9. The van der Waals surface area contributed by atoms with Gasteiger partial charge in [-0.15, -0.1) is 11.6 Å². The van der Waals surface area contributed by atoms with Gasteiger partial charge in [0, 0.05) is 6.20 Å². The highest BCUT2D eigenvalue weighted by Gasteiger charge is 2.58. The summed E-state index contributed by atoms with van der Waals surface area (Å²) in [7, 11) is 0. The number of aliphatic hydroxyl groups excluding tert-OH is 1. The molecular formula is C14H19ClFN3O5. The van der Waals surface area contributed by atoms with E-state index in [4.69, 9.17) is 26.8 Å². The highest BCUT2D eigenvalue weighted by atomic mass is 35.5. The van der Waals surface area contributed by atoms with Crippen LogP contribution in [0.15, 0.2) is 17.1 Å². The summed E-state index contributed by atoms with van der Waals surface area (Å²) in [5.41, 5.74) is 2.90. The molecule has 1 aromatic rings. The predicted molar refractivity (Wildman–Crippen MR) is 83.2 cm³/mol. The number of rotatable bonds is 5. The Morgan fingerprint density at radius 1 is 1.67 bits per heavy atom. The number of hydrogen-bond donors (Lipinski definition) is 2. The minimum atomic E-state index is -1.93. The summed E-state index contributed by atoms with van der Waals surface area (Å²) in [5.74, 6) is -1.55. The fraction of sp³-hybridized carbons (Fsp3) is 0.643. The molecule has 24 heavy (non-hydrogen) atoms. The molecule has 0 aromatic carbocycles. The van der Waals surface area contributed by atoms with E-state index in [1.54, 1.807) is 13.8 Å². The number of carbonyl (C=O) groups excluding carboxylic acids is 1. The summed E-state index contributed by atoms with van der Waals surface area (Å²) >= 11 is 5.84. The van der Waals surface area contributed by atoms with Gasteiger partial charge in [-0.1, -0.05) is 13.8 Å². The van der Waals surface area contributed by atoms with Crippen LogP contribution in [0, 0.1) is 5.92 Å². The van der Waals surface area contributed by atoms with Crippen LogP contribution < -0.4 is 11.4 Å². The third kappa shape index (κ3) is 3.24. The number of halogens is 2. The van der Waals surface area contributed by atoms with Crippen molar-refractivity contribution in [2.45, 2.75) is 38.0 Å². The number of hydrogen-bond acceptors (Lipinski definition) is 7. The van der Waals surface area contributed by atoms with Crippen LogP contribution in [0.4, 0.5) is 10.2 Å². The third-order valence-corrected chi connectivity index (χ3v) is 4.22. The van der Waals surface area contributed by atoms with Gasteiger partial charge in [-0.05, 0) is 6.07 Å². The number of nitrogens with two attached hydrogens (primary N) is 1. The molecule has 0 amide bonds. The van der Waals surface area contributed by atoms with Gasteiger partial charge in [-0.2, -0.15) is 4.98 Å². The largest absolute Gasteiger partial charge is 0.456 e. The van der Waals surface area contributed by atoms with Crippen LogP contribution in [-0.4, -0.2) is 51.0 Å². The van der Waals surface area contributed by atoms with Crippen molar-refractivity contribution in [2.75, 3.05) is 18.2 Å². The predicted octanol–water partition coefficient (Wildman–Crippen LogP) is 0.230. The SMILES string of the molecule is CC(C)C(=O)O[C@H]1[C@@H](F)[C@H](n2ccc(N)nc2=O)O[C@@]1(CO)CCl. The monoisotopic (exact) mass is 363 g/mol. The molecule has 3 N–H and O–H groups in total. The molecule has 1 fully saturated rings. The number of aromatic nitrogens is 2. The lowest BCUT2D eigenvalue weighted by Gasteiger charge is -2.30. The van der Waals surface area contributed by atoms with Crippen molar-refractivity contribution in [3.8, 4) is 0 Å². The second kappa shape index (κ2) is 7.04. The quantitative estimate of drug-likeness (QED) is 0.568. The summed E-state index contributed by atoms with van der Waals surface area (Å²) in [6, 6.07) is 1.30. The Morgan fingerprint density at radius 2 is 2.33 bits per heavy atom. The Bertz CT molecular complexity index is 664. The Morgan fingerprint density at radius 3 is 2.83 bits per heavy atom. The van der Waals surface area contributed by atoms with Crippen molar-refractivity contribution >= 4 is 23.4 Å². The highest BCUT2D eigenvalue weighted by molar-refractivity contribution is 6.18. The Balaban J connectivity index is 2.40. The fourth-order valence-electron chi connectivity index (χ4n) is 2.35. The zero-order valence-corrected chi connectivity index (χ0v) is 13.9. The van der Waals surface area contributed by atoms with E-state index in [1.807, 2.05) is 0 Å². The molecule has 0 aliphatic carbocycles. The first-order valence-electron chi connectivity index (χ1n) is 7.29. The summed E-state index contributed by atoms with van der Waals surface area (Å²) in [5, 5.41) is 9.64. The Kier molecular flexibility index (Phi) is 5.46. The van der Waals surface area contributed by atoms with Gasteiger partial charge in [0.05, 0.1) is 18.4 Å². The van der Waals surface area contributed by atoms with Crippen LogP contribution in [0.1, 0.15) is 20.1 Å². The lowest BCUT2D eigenvalue weighted by molar-refractivity contribution is -0.168. The number of nitrogens with zero attached hydrogens (tertiary/aromatic N) is 2. The van der Waals surface area contributed by atoms with Gasteiger partial charge in [0.15, 0.2) is 18.5 Å². The minimum Gasteiger partial charge on any atom is -0.456 e. The van der Waals surface area contributed by atoms with Crippen molar-refractivity contribution in [1.82, 2.24) is 9.55 Å². The molecule has 0 saturated carbocycles. The smallest absolute Gasteiger partial charge is 0.351 e. The van der Waals surface area contributed by atoms with Crippen LogP contribution in [0.3, 0.4) is 0 Å². The number of ether oxygens (including phenoxy) is 2. The molecule has 0 unspecified atom stereocenters. The van der Waals surface area contributed by atoms with Gasteiger partial charge in [-0.25, -0.2) is 9.18 Å². The van der Waals surface area contributed by atoms with E-state index in [0.29, 0.717) is 0 Å². The zero-order valence-electron chi connectivity index (χ0n) is 13.2. The Hall–Kier alpha value is -1.71. The van der Waals surface area contributed by atoms with Crippen molar-refractivity contribution < 1.29 is 23.8 Å². The average Bonchev–Trinajstić information content (AvgIpc) is 2.81. The van der Waals surface area contributed by atoms with E-state index < -0.39 is 48.3 Å². The van der Waals surface area contributed by atoms with Crippen LogP contribution in [-0.2, 0) is 14.3 Å². The fourth-order valence-corrected chi connectivity index (χ4v) is 2.65. The lowest BCUT2D eigenvalue weighted by atomic mass is 9.98. The molecule has 0 radical (unpaired) electrons. The number of esters is 1. The topological polar surface area (TPSA) is 117 Å². The molecule has 4 atom stereocenters. The van der Waals surface area contributed by atoms with Crippen LogP contribution >= 0.6 is 11.6 Å². The van der Waals surface area contributed by atoms with Gasteiger partial charge in [0.25, 0.3) is 0 Å². The number of alkyl halides is 2. The van der Waals surface area contributed by atoms with E-state index in [1.165, 1.54) is 12.3 Å². The van der Waals surface area contributed by atoms with Crippen LogP contribution in [0.25, 0.3) is 0 Å². The van der Waals surface area contributed by atoms with Gasteiger partial charge < -0.3 is 20.3 Å². The van der Waals surface area contributed by atoms with Gasteiger partial charge in [0.2, 0.25) is 0 Å². The number of carbonyl (C=O) groups is 1. The van der Waals surface area contributed by atoms with Crippen molar-refractivity contribution in [3.63, 3.8) is 0 Å². The molecule has 1 aliphatic rings. The number of aliphatic hydroxyl groups is 1. The maximum Gasteiger partial charge on any atom is 0.351 e. The molecule has 0 bridgehead atoms. The molecule has 10 heteroatoms. The van der Waals surface area contributed by atoms with Crippen LogP contribution in [0.5, 0.6) is 0 Å². The van der Waals surface area contributed by atoms with Gasteiger partial charge >= 0.3 is 11.7 Å². The van der Waals surface area contributed by atoms with E-state index in [0.717, 1.165) is 4.57 Å². The molecule has 134 valence electrons. The first-order chi connectivity index (χ1) is 11.3. The molecule has 8 nitrogen and oxygen atoms in total. The molecule has 2 rings (SSSR count). The zero-order chi connectivity index (χ0) is 18.1. The normalized spacial score (nSPS) is 29.8. The molecule has 1 saturated heterocycles. The van der Waals surface area contributed by atoms with Crippen LogP contribution in [0.2, 0.25) is 0 Å². The Labute approximate surface area is 142 Å². The summed E-state index contributed by atoms with van der Waals surface area (Å²) < 4.78 is 26.5. The first kappa shape index (κ1) is 18.6. The molecular weight excluding hydrogens is 345 g/mol. The third-order valence-electron chi connectivity index (χ3n) is 3.77. The van der Waals surface area contributed by atoms with Crippen molar-refractivity contribution in [1.29, 1.82) is 0 Å². The second-order valence-electron chi connectivity index (χ2n) is 5.86. The van der Waals surface area contributed by atoms with E-state index >= 15 is 0 Å². The van der Waals surface area contributed by atoms with Gasteiger partial charge in [0.1, 0.15) is 11.4 Å². The lowest BCUT2D eigenvalue weighted by Crippen LogP contribution is -2.50. The van der Waals surface area contributed by atoms with E-state index in [2.05, 4.69) is 4.98 Å². The average molecular weight is 364 g/mol.